The molecule has 0 bridgehead atoms. The van der Waals surface area contributed by atoms with Gasteiger partial charge in [-0.25, -0.2) is 5.01 Å². The number of halogens is 2. The Labute approximate surface area is 218 Å². The molecule has 1 aliphatic heterocycles. The van der Waals surface area contributed by atoms with E-state index in [2.05, 4.69) is 11.2 Å². The molecule has 184 valence electrons. The zero-order valence-electron chi connectivity index (χ0n) is 19.5. The molecule has 0 saturated heterocycles. The van der Waals surface area contributed by atoms with Crippen LogP contribution in [0.4, 0.5) is 5.69 Å². The molecule has 1 amide bonds. The van der Waals surface area contributed by atoms with Gasteiger partial charge in [0.25, 0.3) is 0 Å². The molecule has 2 heterocycles. The van der Waals surface area contributed by atoms with Crippen LogP contribution in [0.2, 0.25) is 10.0 Å². The van der Waals surface area contributed by atoms with Crippen LogP contribution in [0, 0.1) is 16.0 Å². The van der Waals surface area contributed by atoms with Gasteiger partial charge in [-0.1, -0.05) is 47.5 Å². The lowest BCUT2D eigenvalue weighted by Gasteiger charge is -2.29. The predicted octanol–water partition coefficient (Wildman–Crippen LogP) is 6.55. The summed E-state index contributed by atoms with van der Waals surface area (Å²) in [4.78, 5) is 24.9. The highest BCUT2D eigenvalue weighted by molar-refractivity contribution is 6.30. The van der Waals surface area contributed by atoms with Crippen molar-refractivity contribution in [2.75, 3.05) is 0 Å². The van der Waals surface area contributed by atoms with Gasteiger partial charge in [0.15, 0.2) is 0 Å². The number of rotatable bonds is 5. The molecule has 2 aliphatic rings. The zero-order chi connectivity index (χ0) is 25.4. The third-order valence-electron chi connectivity index (χ3n) is 6.60. The Bertz CT molecular complexity index is 1380. The number of carbonyl (C=O) groups excluding carboxylic acids is 1. The van der Waals surface area contributed by atoms with Gasteiger partial charge < -0.3 is 0 Å². The molecule has 36 heavy (non-hydrogen) atoms. The summed E-state index contributed by atoms with van der Waals surface area (Å²) in [5.74, 6) is -0.656. The molecule has 1 fully saturated rings. The average molecular weight is 524 g/mol. The highest BCUT2D eigenvalue weighted by atomic mass is 35.5. The van der Waals surface area contributed by atoms with Gasteiger partial charge in [-0.2, -0.15) is 10.2 Å². The summed E-state index contributed by atoms with van der Waals surface area (Å²) in [5.41, 5.74) is 3.17. The first-order valence-electron chi connectivity index (χ1n) is 11.7. The van der Waals surface area contributed by atoms with E-state index in [0.717, 1.165) is 41.7 Å². The minimum atomic E-state index is -0.596. The van der Waals surface area contributed by atoms with Crippen LogP contribution >= 0.6 is 23.2 Å². The molecule has 1 aromatic heterocycles. The lowest BCUT2D eigenvalue weighted by Crippen LogP contribution is -2.32. The van der Waals surface area contributed by atoms with E-state index in [4.69, 9.17) is 28.3 Å². The van der Waals surface area contributed by atoms with Crippen LogP contribution < -0.4 is 0 Å². The van der Waals surface area contributed by atoms with E-state index in [0.29, 0.717) is 16.6 Å². The fourth-order valence-corrected chi connectivity index (χ4v) is 5.14. The summed E-state index contributed by atoms with van der Waals surface area (Å²) in [6.07, 6.45) is 5.94. The number of carbonyl (C=O) groups is 1. The number of benzene rings is 2. The predicted molar refractivity (Wildman–Crippen MR) is 139 cm³/mol. The Morgan fingerprint density at radius 3 is 2.44 bits per heavy atom. The van der Waals surface area contributed by atoms with Crippen LogP contribution in [-0.4, -0.2) is 31.3 Å². The van der Waals surface area contributed by atoms with Gasteiger partial charge in [0.1, 0.15) is 6.20 Å². The Kier molecular flexibility index (Phi) is 6.64. The molecule has 5 rings (SSSR count). The van der Waals surface area contributed by atoms with Crippen molar-refractivity contribution in [1.29, 1.82) is 0 Å². The second kappa shape index (κ2) is 9.87. The molecule has 0 radical (unpaired) electrons. The smallest absolute Gasteiger partial charge is 0.265 e. The van der Waals surface area contributed by atoms with E-state index < -0.39 is 16.9 Å². The number of aromatic nitrogens is 2. The number of fused-ring (bicyclic) bond motifs is 1. The quantitative estimate of drug-likeness (QED) is 0.279. The summed E-state index contributed by atoms with van der Waals surface area (Å²) >= 11 is 12.2. The molecule has 0 spiro atoms. The van der Waals surface area contributed by atoms with Crippen molar-refractivity contribution >= 4 is 46.6 Å². The van der Waals surface area contributed by atoms with Crippen molar-refractivity contribution in [2.45, 2.75) is 38.8 Å². The zero-order valence-corrected chi connectivity index (χ0v) is 21.0. The van der Waals surface area contributed by atoms with Gasteiger partial charge in [-0.05, 0) is 73.2 Å². The summed E-state index contributed by atoms with van der Waals surface area (Å²) in [6.45, 7) is 2.21. The molecule has 0 N–H and O–H groups in total. The molecule has 1 aliphatic carbocycles. The number of amides is 1. The van der Waals surface area contributed by atoms with E-state index in [1.165, 1.54) is 15.9 Å². The molecule has 2 aromatic carbocycles. The number of aryl methyl sites for hydroxylation is 1. The average Bonchev–Trinajstić information content (AvgIpc) is 3.49. The van der Waals surface area contributed by atoms with E-state index in [-0.39, 0.29) is 17.3 Å². The van der Waals surface area contributed by atoms with Crippen LogP contribution in [0.25, 0.3) is 6.08 Å². The molecule has 2 atom stereocenters. The lowest BCUT2D eigenvalue weighted by atomic mass is 9.77. The van der Waals surface area contributed by atoms with E-state index in [9.17, 15) is 14.9 Å². The topological polar surface area (TPSA) is 93.6 Å². The summed E-state index contributed by atoms with van der Waals surface area (Å²) in [6, 6.07) is 14.4. The van der Waals surface area contributed by atoms with Crippen molar-refractivity contribution in [2.24, 2.45) is 11.0 Å². The first-order valence-corrected chi connectivity index (χ1v) is 12.5. The third kappa shape index (κ3) is 4.54. The van der Waals surface area contributed by atoms with Crippen LogP contribution in [0.15, 0.2) is 65.4 Å². The summed E-state index contributed by atoms with van der Waals surface area (Å²) in [7, 11) is 0. The standard InChI is InChI=1S/C26H23Cl2N5O3/c1-2-31-15-22(33(35)36)24(29-31)26(34)32-25(17-8-12-20(28)13-9-17)21-5-3-4-18(23(21)30-32)14-16-6-10-19(27)11-7-16/h6-15,21,25H,2-5H2,1H3. The Morgan fingerprint density at radius 2 is 1.81 bits per heavy atom. The minimum Gasteiger partial charge on any atom is -0.265 e. The number of nitro groups is 1. The Balaban J connectivity index is 1.60. The second-order valence-corrected chi connectivity index (χ2v) is 9.70. The maximum absolute atomic E-state index is 13.8. The monoisotopic (exact) mass is 523 g/mol. The number of allylic oxidation sites excluding steroid dienone is 1. The number of hydrogen-bond donors (Lipinski definition) is 0. The SMILES string of the molecule is CCn1cc([N+](=O)[O-])c(C(=O)N2N=C3C(=Cc4ccc(Cl)cc4)CCCC3C2c2ccc(Cl)cc2)n1. The first-order chi connectivity index (χ1) is 17.4. The normalized spacial score (nSPS) is 20.4. The third-order valence-corrected chi connectivity index (χ3v) is 7.10. The number of hydrogen-bond acceptors (Lipinski definition) is 5. The highest BCUT2D eigenvalue weighted by Gasteiger charge is 2.45. The molecule has 8 nitrogen and oxygen atoms in total. The second-order valence-electron chi connectivity index (χ2n) is 8.83. The molecule has 1 saturated carbocycles. The largest absolute Gasteiger partial charge is 0.320 e. The summed E-state index contributed by atoms with van der Waals surface area (Å²) < 4.78 is 1.39. The van der Waals surface area contributed by atoms with Gasteiger partial charge in [0.2, 0.25) is 5.69 Å². The maximum atomic E-state index is 13.8. The fraction of sp³-hybridized carbons (Fsp3) is 0.269. The van der Waals surface area contributed by atoms with Gasteiger partial charge in [0, 0.05) is 22.5 Å². The van der Waals surface area contributed by atoms with Crippen LogP contribution in [-0.2, 0) is 6.54 Å². The van der Waals surface area contributed by atoms with Crippen molar-refractivity contribution < 1.29 is 9.72 Å². The lowest BCUT2D eigenvalue weighted by molar-refractivity contribution is -0.385. The number of hydrazone groups is 1. The van der Waals surface area contributed by atoms with Crippen molar-refractivity contribution in [3.63, 3.8) is 0 Å². The number of nitrogens with zero attached hydrogens (tertiary/aromatic N) is 5. The van der Waals surface area contributed by atoms with Crippen molar-refractivity contribution in [3.8, 4) is 0 Å². The summed E-state index contributed by atoms with van der Waals surface area (Å²) in [5, 5.41) is 23.3. The van der Waals surface area contributed by atoms with E-state index >= 15 is 0 Å². The first kappa shape index (κ1) is 24.2. The maximum Gasteiger partial charge on any atom is 0.320 e. The van der Waals surface area contributed by atoms with Crippen molar-refractivity contribution in [3.05, 3.63) is 97.3 Å². The highest BCUT2D eigenvalue weighted by Crippen LogP contribution is 2.45. The van der Waals surface area contributed by atoms with Gasteiger partial charge in [-0.3, -0.25) is 19.6 Å². The van der Waals surface area contributed by atoms with Gasteiger partial charge in [-0.15, -0.1) is 0 Å². The Hall–Kier alpha value is -3.49. The Morgan fingerprint density at radius 1 is 1.14 bits per heavy atom. The van der Waals surface area contributed by atoms with Gasteiger partial charge >= 0.3 is 11.6 Å². The van der Waals surface area contributed by atoms with Crippen LogP contribution in [0.5, 0.6) is 0 Å². The van der Waals surface area contributed by atoms with Crippen molar-refractivity contribution in [1.82, 2.24) is 14.8 Å². The molecule has 2 unspecified atom stereocenters. The fourth-order valence-electron chi connectivity index (χ4n) is 4.89. The molecule has 3 aromatic rings. The van der Waals surface area contributed by atoms with Crippen LogP contribution in [0.3, 0.4) is 0 Å². The van der Waals surface area contributed by atoms with E-state index in [1.54, 1.807) is 19.1 Å². The van der Waals surface area contributed by atoms with Gasteiger partial charge in [0.05, 0.1) is 16.7 Å². The minimum absolute atomic E-state index is 0.0604. The molecular weight excluding hydrogens is 501 g/mol. The molecular formula is C26H23Cl2N5O3. The van der Waals surface area contributed by atoms with E-state index in [1.807, 2.05) is 36.4 Å². The van der Waals surface area contributed by atoms with Crippen LogP contribution in [0.1, 0.15) is 53.8 Å². The molecule has 10 heteroatoms.